The molecule has 1 aromatic carbocycles. The van der Waals surface area contributed by atoms with E-state index in [2.05, 4.69) is 4.74 Å². The van der Waals surface area contributed by atoms with Crippen LogP contribution in [0.4, 0.5) is 0 Å². The van der Waals surface area contributed by atoms with Crippen molar-refractivity contribution in [3.8, 4) is 5.75 Å². The highest BCUT2D eigenvalue weighted by Gasteiger charge is 1.95. The first-order chi connectivity index (χ1) is 8.26. The second-order valence-electron chi connectivity index (χ2n) is 3.27. The second kappa shape index (κ2) is 7.46. The van der Waals surface area contributed by atoms with Crippen LogP contribution in [-0.2, 0) is 14.3 Å². The molecule has 1 aromatic rings. The average molecular weight is 236 g/mol. The number of ether oxygens (including phenoxy) is 3. The van der Waals surface area contributed by atoms with E-state index in [9.17, 15) is 4.79 Å². The predicted octanol–water partition coefficient (Wildman–Crippen LogP) is 1.90. The molecule has 0 amide bonds. The van der Waals surface area contributed by atoms with Crippen molar-refractivity contribution in [2.24, 2.45) is 0 Å². The number of benzene rings is 1. The fraction of sp³-hybridized carbons (Fsp3) is 0.308. The molecule has 0 spiro atoms. The topological polar surface area (TPSA) is 44.8 Å². The first kappa shape index (κ1) is 13.3. The SMILES string of the molecule is COCCOc1ccc(C=CC(=O)OC)cc1. The smallest absolute Gasteiger partial charge is 0.330 e. The van der Waals surface area contributed by atoms with Gasteiger partial charge in [-0.2, -0.15) is 0 Å². The average Bonchev–Trinajstić information content (AvgIpc) is 2.37. The van der Waals surface area contributed by atoms with Crippen LogP contribution in [0.5, 0.6) is 5.75 Å². The van der Waals surface area contributed by atoms with Crippen LogP contribution in [0.3, 0.4) is 0 Å². The number of methoxy groups -OCH3 is 2. The summed E-state index contributed by atoms with van der Waals surface area (Å²) in [6, 6.07) is 7.41. The Labute approximate surface area is 101 Å². The summed E-state index contributed by atoms with van der Waals surface area (Å²) in [5, 5.41) is 0. The van der Waals surface area contributed by atoms with Crippen LogP contribution in [0, 0.1) is 0 Å². The maximum absolute atomic E-state index is 10.9. The molecule has 4 nitrogen and oxygen atoms in total. The highest BCUT2D eigenvalue weighted by atomic mass is 16.5. The molecule has 0 fully saturated rings. The van der Waals surface area contributed by atoms with Crippen LogP contribution in [0.2, 0.25) is 0 Å². The second-order valence-corrected chi connectivity index (χ2v) is 3.27. The fourth-order valence-corrected chi connectivity index (χ4v) is 1.15. The monoisotopic (exact) mass is 236 g/mol. The lowest BCUT2D eigenvalue weighted by Crippen LogP contribution is -2.03. The molecule has 0 unspecified atom stereocenters. The van der Waals surface area contributed by atoms with Crippen LogP contribution in [0.15, 0.2) is 30.3 Å². The molecule has 92 valence electrons. The third-order valence-electron chi connectivity index (χ3n) is 2.05. The van der Waals surface area contributed by atoms with Gasteiger partial charge in [-0.05, 0) is 23.8 Å². The summed E-state index contributed by atoms with van der Waals surface area (Å²) in [4.78, 5) is 10.9. The third kappa shape index (κ3) is 5.17. The van der Waals surface area contributed by atoms with Gasteiger partial charge < -0.3 is 14.2 Å². The first-order valence-corrected chi connectivity index (χ1v) is 5.24. The van der Waals surface area contributed by atoms with E-state index in [1.54, 1.807) is 13.2 Å². The molecule has 0 radical (unpaired) electrons. The van der Waals surface area contributed by atoms with Gasteiger partial charge in [0, 0.05) is 13.2 Å². The zero-order valence-electron chi connectivity index (χ0n) is 10.0. The van der Waals surface area contributed by atoms with Crippen molar-refractivity contribution in [2.75, 3.05) is 27.4 Å². The lowest BCUT2D eigenvalue weighted by Gasteiger charge is -2.05. The van der Waals surface area contributed by atoms with E-state index in [1.165, 1.54) is 13.2 Å². The summed E-state index contributed by atoms with van der Waals surface area (Å²) in [7, 11) is 2.98. The van der Waals surface area contributed by atoms with Crippen molar-refractivity contribution in [1.29, 1.82) is 0 Å². The van der Waals surface area contributed by atoms with Crippen molar-refractivity contribution in [2.45, 2.75) is 0 Å². The van der Waals surface area contributed by atoms with Crippen molar-refractivity contribution in [1.82, 2.24) is 0 Å². The Bertz CT molecular complexity index is 368. The van der Waals surface area contributed by atoms with Gasteiger partial charge in [0.15, 0.2) is 0 Å². The van der Waals surface area contributed by atoms with E-state index in [1.807, 2.05) is 24.3 Å². The number of esters is 1. The molecule has 0 aliphatic rings. The Hall–Kier alpha value is -1.81. The Kier molecular flexibility index (Phi) is 5.82. The largest absolute Gasteiger partial charge is 0.491 e. The lowest BCUT2D eigenvalue weighted by atomic mass is 10.2. The zero-order chi connectivity index (χ0) is 12.5. The molecule has 0 atom stereocenters. The standard InChI is InChI=1S/C13H16O4/c1-15-9-10-17-12-6-3-11(4-7-12)5-8-13(14)16-2/h3-8H,9-10H2,1-2H3. The van der Waals surface area contributed by atoms with E-state index in [4.69, 9.17) is 9.47 Å². The van der Waals surface area contributed by atoms with Crippen LogP contribution >= 0.6 is 0 Å². The molecular weight excluding hydrogens is 220 g/mol. The van der Waals surface area contributed by atoms with Gasteiger partial charge in [0.05, 0.1) is 13.7 Å². The molecule has 0 N–H and O–H groups in total. The highest BCUT2D eigenvalue weighted by Crippen LogP contribution is 2.13. The molecule has 0 saturated heterocycles. The molecule has 0 bridgehead atoms. The van der Waals surface area contributed by atoms with Gasteiger partial charge in [-0.25, -0.2) is 4.79 Å². The predicted molar refractivity (Wildman–Crippen MR) is 64.9 cm³/mol. The van der Waals surface area contributed by atoms with Gasteiger partial charge in [-0.15, -0.1) is 0 Å². The highest BCUT2D eigenvalue weighted by molar-refractivity contribution is 5.86. The molecule has 0 aliphatic heterocycles. The number of rotatable bonds is 6. The van der Waals surface area contributed by atoms with Crippen molar-refractivity contribution >= 4 is 12.0 Å². The quantitative estimate of drug-likeness (QED) is 0.430. The van der Waals surface area contributed by atoms with Gasteiger partial charge in [0.2, 0.25) is 0 Å². The molecule has 4 heteroatoms. The normalized spacial score (nSPS) is 10.5. The first-order valence-electron chi connectivity index (χ1n) is 5.24. The van der Waals surface area contributed by atoms with Crippen molar-refractivity contribution < 1.29 is 19.0 Å². The number of carbonyl (C=O) groups excluding carboxylic acids is 1. The van der Waals surface area contributed by atoms with E-state index in [0.717, 1.165) is 11.3 Å². The van der Waals surface area contributed by atoms with Crippen LogP contribution in [0.25, 0.3) is 6.08 Å². The van der Waals surface area contributed by atoms with E-state index in [0.29, 0.717) is 13.2 Å². The molecule has 17 heavy (non-hydrogen) atoms. The number of hydrogen-bond acceptors (Lipinski definition) is 4. The van der Waals surface area contributed by atoms with Crippen LogP contribution in [0.1, 0.15) is 5.56 Å². The minimum Gasteiger partial charge on any atom is -0.491 e. The molecule has 0 aliphatic carbocycles. The Balaban J connectivity index is 2.50. The maximum atomic E-state index is 10.9. The molecule has 1 rings (SSSR count). The summed E-state index contributed by atoms with van der Waals surface area (Å²) < 4.78 is 14.8. The Morgan fingerprint density at radius 2 is 1.88 bits per heavy atom. The summed E-state index contributed by atoms with van der Waals surface area (Å²) in [6.07, 6.45) is 3.06. The minimum absolute atomic E-state index is 0.370. The van der Waals surface area contributed by atoms with Crippen LogP contribution in [-0.4, -0.2) is 33.4 Å². The fourth-order valence-electron chi connectivity index (χ4n) is 1.15. The summed E-state index contributed by atoms with van der Waals surface area (Å²) in [5.74, 6) is 0.405. The van der Waals surface area contributed by atoms with Gasteiger partial charge >= 0.3 is 5.97 Å². The van der Waals surface area contributed by atoms with E-state index < -0.39 is 0 Å². The van der Waals surface area contributed by atoms with Crippen molar-refractivity contribution in [3.63, 3.8) is 0 Å². The lowest BCUT2D eigenvalue weighted by molar-refractivity contribution is -0.134. The maximum Gasteiger partial charge on any atom is 0.330 e. The van der Waals surface area contributed by atoms with Gasteiger partial charge in [0.1, 0.15) is 12.4 Å². The number of carbonyl (C=O) groups is 1. The van der Waals surface area contributed by atoms with Crippen molar-refractivity contribution in [3.05, 3.63) is 35.9 Å². The van der Waals surface area contributed by atoms with Gasteiger partial charge in [-0.1, -0.05) is 12.1 Å². The molecule has 0 aromatic heterocycles. The zero-order valence-corrected chi connectivity index (χ0v) is 10.0. The van der Waals surface area contributed by atoms with Gasteiger partial charge in [-0.3, -0.25) is 0 Å². The summed E-state index contributed by atoms with van der Waals surface area (Å²) in [5.41, 5.74) is 0.912. The molecule has 0 heterocycles. The third-order valence-corrected chi connectivity index (χ3v) is 2.05. The van der Waals surface area contributed by atoms with E-state index >= 15 is 0 Å². The minimum atomic E-state index is -0.370. The Morgan fingerprint density at radius 3 is 2.47 bits per heavy atom. The number of hydrogen-bond donors (Lipinski definition) is 0. The Morgan fingerprint density at radius 1 is 1.18 bits per heavy atom. The summed E-state index contributed by atoms with van der Waals surface area (Å²) in [6.45, 7) is 1.08. The molecule has 0 saturated carbocycles. The van der Waals surface area contributed by atoms with Crippen LogP contribution < -0.4 is 4.74 Å². The van der Waals surface area contributed by atoms with Gasteiger partial charge in [0.25, 0.3) is 0 Å². The molecular formula is C13H16O4. The summed E-state index contributed by atoms with van der Waals surface area (Å²) >= 11 is 0. The van der Waals surface area contributed by atoms with E-state index in [-0.39, 0.29) is 5.97 Å².